The number of Topliss-reactive ketones (excluding diaryl/α,β-unsaturated/α-hetero) is 1. The van der Waals surface area contributed by atoms with Crippen LogP contribution in [0.2, 0.25) is 0 Å². The Balaban J connectivity index is 1.62. The predicted molar refractivity (Wildman–Crippen MR) is 247 cm³/mol. The normalized spacial score (nSPS) is 42.7. The molecule has 0 aliphatic carbocycles. The van der Waals surface area contributed by atoms with Crippen molar-refractivity contribution in [3.8, 4) is 5.75 Å². The van der Waals surface area contributed by atoms with E-state index < -0.39 is 119 Å². The summed E-state index contributed by atoms with van der Waals surface area (Å²) in [5.74, 6) is -4.01. The number of hydrogen-bond acceptors (Lipinski definition) is 16. The molecule has 1 aromatic rings. The van der Waals surface area contributed by atoms with Crippen LogP contribution in [0.5, 0.6) is 5.75 Å². The second kappa shape index (κ2) is 22.3. The minimum Gasteiger partial charge on any atom is -0.497 e. The standard InChI is InChI=1S/C50H78O15S/c1-17-36-50(12)38(42(46(54)65-50)66-25-34-18-20-35(55-13)21-19-34)29(5)39(52)27(3)23-48(10,57-15)43(64-47-40(56-14)26(2)22-28(4)59-47)30(6)41(31(7)45(53)62-36)63-37-24-49(11,58-16)44(32(8)60-37)61-33(9)51/h18-21,26-32,36-38,40-44,47H,17,22-25H2,1-16H3/t26-,27+,28+,29+,30-,31+,32-,36+,37-,38-,40+,41-,42?,43+,44-,47-,48+,49+,50+/m0/s1. The molecule has 374 valence electrons. The van der Waals surface area contributed by atoms with Gasteiger partial charge in [-0.25, -0.2) is 0 Å². The fourth-order valence-electron chi connectivity index (χ4n) is 11.3. The summed E-state index contributed by atoms with van der Waals surface area (Å²) in [6, 6.07) is 7.62. The van der Waals surface area contributed by atoms with Crippen LogP contribution in [-0.4, -0.2) is 129 Å². The van der Waals surface area contributed by atoms with Crippen molar-refractivity contribution in [3.63, 3.8) is 0 Å². The molecule has 4 heterocycles. The molecular weight excluding hydrogens is 873 g/mol. The molecule has 4 fully saturated rings. The molecule has 0 amide bonds. The first kappa shape index (κ1) is 54.1. The molecule has 19 atom stereocenters. The number of fused-ring (bicyclic) bond motifs is 1. The van der Waals surface area contributed by atoms with E-state index in [0.717, 1.165) is 12.0 Å². The van der Waals surface area contributed by atoms with Gasteiger partial charge in [-0.05, 0) is 84.4 Å². The Hall–Kier alpha value is -2.83. The number of thioether (sulfide) groups is 1. The van der Waals surface area contributed by atoms with Crippen LogP contribution in [0.25, 0.3) is 0 Å². The summed E-state index contributed by atoms with van der Waals surface area (Å²) < 4.78 is 69.6. The second-order valence-electron chi connectivity index (χ2n) is 19.9. The van der Waals surface area contributed by atoms with E-state index in [1.165, 1.54) is 18.7 Å². The fraction of sp³-hybridized carbons (Fsp3) is 0.800. The summed E-state index contributed by atoms with van der Waals surface area (Å²) in [7, 11) is 6.37. The Labute approximate surface area is 396 Å². The lowest BCUT2D eigenvalue weighted by Gasteiger charge is -2.50. The fourth-order valence-corrected chi connectivity index (χ4v) is 12.7. The van der Waals surface area contributed by atoms with Crippen molar-refractivity contribution in [2.45, 2.75) is 192 Å². The van der Waals surface area contributed by atoms with E-state index in [0.29, 0.717) is 17.9 Å². The molecule has 16 heteroatoms. The molecule has 1 aromatic carbocycles. The zero-order valence-electron chi connectivity index (χ0n) is 42.1. The number of benzene rings is 1. The van der Waals surface area contributed by atoms with Crippen molar-refractivity contribution >= 4 is 35.5 Å². The Morgan fingerprint density at radius 3 is 2.02 bits per heavy atom. The molecular formula is C50H78O15S. The third-order valence-corrected chi connectivity index (χ3v) is 16.3. The molecule has 4 aliphatic rings. The molecule has 0 N–H and O–H groups in total. The molecule has 0 bridgehead atoms. The lowest BCUT2D eigenvalue weighted by molar-refractivity contribution is -0.321. The molecule has 4 saturated heterocycles. The number of carbonyl (C=O) groups excluding carboxylic acids is 4. The van der Waals surface area contributed by atoms with E-state index in [4.69, 9.17) is 52.1 Å². The summed E-state index contributed by atoms with van der Waals surface area (Å²) in [4.78, 5) is 56.5. The minimum atomic E-state index is -1.37. The maximum absolute atomic E-state index is 15.1. The first-order valence-corrected chi connectivity index (χ1v) is 24.7. The Morgan fingerprint density at radius 1 is 0.803 bits per heavy atom. The van der Waals surface area contributed by atoms with E-state index in [1.807, 2.05) is 72.7 Å². The first-order valence-electron chi connectivity index (χ1n) is 23.6. The van der Waals surface area contributed by atoms with Crippen LogP contribution in [-0.2, 0) is 72.3 Å². The third kappa shape index (κ3) is 11.4. The Kier molecular flexibility index (Phi) is 18.3. The highest BCUT2D eigenvalue weighted by Gasteiger charge is 2.62. The van der Waals surface area contributed by atoms with E-state index in [1.54, 1.807) is 49.2 Å². The smallest absolute Gasteiger partial charge is 0.320 e. The van der Waals surface area contributed by atoms with Crippen molar-refractivity contribution in [1.29, 1.82) is 0 Å². The number of esters is 3. The number of cyclic esters (lactones) is 1. The van der Waals surface area contributed by atoms with Crippen molar-refractivity contribution in [2.75, 3.05) is 28.4 Å². The topological polar surface area (TPSA) is 170 Å². The molecule has 66 heavy (non-hydrogen) atoms. The monoisotopic (exact) mass is 951 g/mol. The molecule has 0 spiro atoms. The van der Waals surface area contributed by atoms with Gasteiger partial charge >= 0.3 is 17.9 Å². The molecule has 5 rings (SSSR count). The quantitative estimate of drug-likeness (QED) is 0.141. The SMILES string of the molecule is CC[C@H]1OC(=O)[C@H](C)[C@@H](O[C@H]2C[C@@](C)(OC)[C@@H](OC(C)=O)[C@H](C)O2)[C@H](C)[C@@H](O[C@@H]2O[C@H](C)C[C@H](C)[C@H]2OC)[C@](C)(OC)C[C@@H](C)C(=O)[C@H](C)[C@H]2C(SCc3ccc(OC)cc3)C(=O)O[C@@]21C. The van der Waals surface area contributed by atoms with Crippen LogP contribution in [0.4, 0.5) is 0 Å². The van der Waals surface area contributed by atoms with Gasteiger partial charge in [0.15, 0.2) is 24.3 Å². The largest absolute Gasteiger partial charge is 0.497 e. The van der Waals surface area contributed by atoms with Crippen LogP contribution >= 0.6 is 11.8 Å². The summed E-state index contributed by atoms with van der Waals surface area (Å²) in [6.07, 6.45) is -5.19. The van der Waals surface area contributed by atoms with E-state index in [9.17, 15) is 14.4 Å². The molecule has 0 radical (unpaired) electrons. The molecule has 0 aromatic heterocycles. The van der Waals surface area contributed by atoms with E-state index in [-0.39, 0.29) is 30.6 Å². The van der Waals surface area contributed by atoms with Crippen molar-refractivity contribution < 1.29 is 71.3 Å². The second-order valence-corrected chi connectivity index (χ2v) is 21.0. The average Bonchev–Trinajstić information content (AvgIpc) is 3.54. The number of ether oxygens (including phenoxy) is 11. The number of ketones is 1. The zero-order valence-corrected chi connectivity index (χ0v) is 42.9. The number of methoxy groups -OCH3 is 4. The van der Waals surface area contributed by atoms with Crippen LogP contribution in [0.3, 0.4) is 0 Å². The van der Waals surface area contributed by atoms with Gasteiger partial charge in [0, 0.05) is 64.1 Å². The van der Waals surface area contributed by atoms with E-state index >= 15 is 4.79 Å². The number of hydrogen-bond donors (Lipinski definition) is 0. The van der Waals surface area contributed by atoms with Crippen LogP contribution in [0, 0.1) is 35.5 Å². The van der Waals surface area contributed by atoms with Crippen LogP contribution in [0.1, 0.15) is 114 Å². The van der Waals surface area contributed by atoms with Gasteiger partial charge in [0.25, 0.3) is 0 Å². The Bertz CT molecular complexity index is 1810. The first-order chi connectivity index (χ1) is 31.0. The zero-order chi connectivity index (χ0) is 49.1. The maximum atomic E-state index is 15.1. The van der Waals surface area contributed by atoms with Gasteiger partial charge in [-0.15, -0.1) is 11.8 Å². The predicted octanol–water partition coefficient (Wildman–Crippen LogP) is 7.50. The highest BCUT2D eigenvalue weighted by Crippen LogP contribution is 2.50. The lowest BCUT2D eigenvalue weighted by Crippen LogP contribution is -2.60. The van der Waals surface area contributed by atoms with Gasteiger partial charge in [0.05, 0.1) is 43.0 Å². The van der Waals surface area contributed by atoms with Gasteiger partial charge < -0.3 is 52.1 Å². The summed E-state index contributed by atoms with van der Waals surface area (Å²) in [5.41, 5.74) is -2.62. The Morgan fingerprint density at radius 2 is 1.44 bits per heavy atom. The van der Waals surface area contributed by atoms with Crippen molar-refractivity contribution in [3.05, 3.63) is 29.8 Å². The number of carbonyl (C=O) groups is 4. The molecule has 15 nitrogen and oxygen atoms in total. The highest BCUT2D eigenvalue weighted by atomic mass is 32.2. The van der Waals surface area contributed by atoms with Gasteiger partial charge in [0.1, 0.15) is 34.6 Å². The van der Waals surface area contributed by atoms with Crippen molar-refractivity contribution in [1.82, 2.24) is 0 Å². The summed E-state index contributed by atoms with van der Waals surface area (Å²) >= 11 is 1.41. The van der Waals surface area contributed by atoms with Crippen molar-refractivity contribution in [2.24, 2.45) is 35.5 Å². The minimum absolute atomic E-state index is 0.0786. The van der Waals surface area contributed by atoms with Gasteiger partial charge in [-0.1, -0.05) is 46.8 Å². The average molecular weight is 951 g/mol. The molecule has 1 unspecified atom stereocenters. The van der Waals surface area contributed by atoms with Crippen LogP contribution < -0.4 is 4.74 Å². The van der Waals surface area contributed by atoms with Crippen LogP contribution in [0.15, 0.2) is 24.3 Å². The van der Waals surface area contributed by atoms with Gasteiger partial charge in [-0.2, -0.15) is 0 Å². The third-order valence-electron chi connectivity index (χ3n) is 15.0. The maximum Gasteiger partial charge on any atom is 0.320 e. The summed E-state index contributed by atoms with van der Waals surface area (Å²) in [5, 5.41) is -0.753. The number of rotatable bonds is 13. The van der Waals surface area contributed by atoms with E-state index in [2.05, 4.69) is 6.92 Å². The van der Waals surface area contributed by atoms with Gasteiger partial charge in [0.2, 0.25) is 0 Å². The highest BCUT2D eigenvalue weighted by molar-refractivity contribution is 7.99. The summed E-state index contributed by atoms with van der Waals surface area (Å²) in [6.45, 7) is 22.0. The molecule has 4 aliphatic heterocycles. The molecule has 0 saturated carbocycles. The van der Waals surface area contributed by atoms with Gasteiger partial charge in [-0.3, -0.25) is 19.2 Å². The lowest BCUT2D eigenvalue weighted by atomic mass is 9.70.